The van der Waals surface area contributed by atoms with Crippen LogP contribution in [-0.4, -0.2) is 75.5 Å². The van der Waals surface area contributed by atoms with Crippen molar-refractivity contribution in [3.05, 3.63) is 97.2 Å². The van der Waals surface area contributed by atoms with E-state index < -0.39 is 24.1 Å². The predicted octanol–water partition coefficient (Wildman–Crippen LogP) is 7.84. The van der Waals surface area contributed by atoms with E-state index in [1.807, 2.05) is 79.0 Å². The molecule has 50 heavy (non-hydrogen) atoms. The quantitative estimate of drug-likeness (QED) is 0.0248. The number of carboxylic acids is 1. The maximum Gasteiger partial charge on any atom is 0.306 e. The van der Waals surface area contributed by atoms with Gasteiger partial charge in [-0.2, -0.15) is 0 Å². The minimum absolute atomic E-state index is 0.00263. The number of quaternary nitrogens is 1. The molecule has 0 N–H and O–H groups in total. The van der Waals surface area contributed by atoms with Crippen molar-refractivity contribution in [3.8, 4) is 0 Å². The Labute approximate surface area is 303 Å². The van der Waals surface area contributed by atoms with Crippen molar-refractivity contribution < 1.29 is 38.2 Å². The van der Waals surface area contributed by atoms with Gasteiger partial charge < -0.3 is 28.6 Å². The molecule has 0 fully saturated rings. The Hall–Kier alpha value is -3.75. The second-order valence-corrected chi connectivity index (χ2v) is 12.9. The zero-order valence-electron chi connectivity index (χ0n) is 31.5. The van der Waals surface area contributed by atoms with Gasteiger partial charge in [-0.3, -0.25) is 9.59 Å². The number of carbonyl (C=O) groups excluding carboxylic acids is 3. The van der Waals surface area contributed by atoms with Crippen LogP contribution in [0.5, 0.6) is 0 Å². The van der Waals surface area contributed by atoms with Gasteiger partial charge in [0.25, 0.3) is 0 Å². The van der Waals surface area contributed by atoms with Crippen LogP contribution in [0.3, 0.4) is 0 Å². The number of hydrogen-bond acceptors (Lipinski definition) is 7. The van der Waals surface area contributed by atoms with Gasteiger partial charge >= 0.3 is 11.9 Å². The van der Waals surface area contributed by atoms with E-state index in [-0.39, 0.29) is 49.5 Å². The molecule has 8 heteroatoms. The summed E-state index contributed by atoms with van der Waals surface area (Å²) in [5.74, 6) is -1.89. The van der Waals surface area contributed by atoms with Crippen molar-refractivity contribution in [2.45, 2.75) is 109 Å². The van der Waals surface area contributed by atoms with Gasteiger partial charge in [0.15, 0.2) is 6.10 Å². The first-order valence-electron chi connectivity index (χ1n) is 18.4. The van der Waals surface area contributed by atoms with Crippen LogP contribution in [0.15, 0.2) is 97.2 Å². The number of nitrogens with zero attached hydrogens (tertiary/aromatic N) is 1. The smallest absolute Gasteiger partial charge is 0.306 e. The van der Waals surface area contributed by atoms with E-state index in [9.17, 15) is 19.5 Å². The summed E-state index contributed by atoms with van der Waals surface area (Å²) in [6.07, 6.45) is 41.8. The standard InChI is InChI=1S/C42H65NO7/c1-6-8-10-12-14-15-16-17-18-19-20-21-22-23-24-25-27-28-30-32-40(44)49-37-38(36-48-35-34-39(42(46)47)43(3,4)5)50-41(45)33-31-29-26-13-11-9-7-2/h8,10,12,14-24,26,29,38-39H,6-7,9,11,13,25,27-28,30-37H2,1-5H3/b10-8+,14-12+,16-15+,18-17+,20-19+,22-21+,24-23+,29-26+. The zero-order chi connectivity index (χ0) is 37.1. The first kappa shape index (κ1) is 46.2. The summed E-state index contributed by atoms with van der Waals surface area (Å²) in [5.41, 5.74) is 0. The van der Waals surface area contributed by atoms with Gasteiger partial charge in [0, 0.05) is 19.3 Å². The maximum atomic E-state index is 12.5. The molecule has 0 radical (unpaired) electrons. The summed E-state index contributed by atoms with van der Waals surface area (Å²) in [5, 5.41) is 11.5. The third-order valence-corrected chi connectivity index (χ3v) is 7.41. The fourth-order valence-electron chi connectivity index (χ4n) is 4.54. The van der Waals surface area contributed by atoms with Crippen LogP contribution in [0.1, 0.15) is 97.3 Å². The van der Waals surface area contributed by atoms with E-state index in [0.717, 1.165) is 38.5 Å². The number of esters is 2. The number of rotatable bonds is 30. The fourth-order valence-corrected chi connectivity index (χ4v) is 4.54. The predicted molar refractivity (Wildman–Crippen MR) is 203 cm³/mol. The highest BCUT2D eigenvalue weighted by atomic mass is 16.6. The first-order valence-corrected chi connectivity index (χ1v) is 18.4. The third kappa shape index (κ3) is 30.3. The lowest BCUT2D eigenvalue weighted by Gasteiger charge is -2.34. The first-order chi connectivity index (χ1) is 24.1. The molecule has 0 spiro atoms. The summed E-state index contributed by atoms with van der Waals surface area (Å²) in [7, 11) is 5.34. The topological polar surface area (TPSA) is 102 Å². The maximum absolute atomic E-state index is 12.5. The molecule has 0 amide bonds. The average molecular weight is 696 g/mol. The minimum atomic E-state index is -1.14. The van der Waals surface area contributed by atoms with Crippen LogP contribution < -0.4 is 5.11 Å². The van der Waals surface area contributed by atoms with Gasteiger partial charge in [-0.25, -0.2) is 0 Å². The van der Waals surface area contributed by atoms with Crippen molar-refractivity contribution in [2.24, 2.45) is 0 Å². The third-order valence-electron chi connectivity index (χ3n) is 7.41. The molecule has 2 atom stereocenters. The number of aliphatic carboxylic acids is 1. The van der Waals surface area contributed by atoms with Crippen LogP contribution in [-0.2, 0) is 28.6 Å². The molecule has 0 aliphatic rings. The fraction of sp³-hybridized carbons (Fsp3) is 0.548. The van der Waals surface area contributed by atoms with Crippen LogP contribution in [0.25, 0.3) is 0 Å². The summed E-state index contributed by atoms with van der Waals surface area (Å²) in [6, 6.07) is -0.742. The SMILES string of the molecule is CC/C=C/C=C/C=C/C=C/C=C/C=C/C=C/CCCCCC(=O)OCC(COCCC(C(=O)[O-])[N+](C)(C)C)OC(=O)CC/C=C/CCCCC. The van der Waals surface area contributed by atoms with E-state index in [0.29, 0.717) is 12.8 Å². The summed E-state index contributed by atoms with van der Waals surface area (Å²) >= 11 is 0. The molecule has 280 valence electrons. The Kier molecular flexibility index (Phi) is 30.0. The van der Waals surface area contributed by atoms with Gasteiger partial charge in [0.05, 0.1) is 40.3 Å². The van der Waals surface area contributed by atoms with Crippen molar-refractivity contribution in [1.82, 2.24) is 0 Å². The van der Waals surface area contributed by atoms with E-state index in [4.69, 9.17) is 14.2 Å². The molecule has 0 rings (SSSR count). The average Bonchev–Trinajstić information content (AvgIpc) is 3.06. The van der Waals surface area contributed by atoms with Crippen molar-refractivity contribution >= 4 is 17.9 Å². The number of hydrogen-bond donors (Lipinski definition) is 0. The van der Waals surface area contributed by atoms with Crippen molar-refractivity contribution in [1.29, 1.82) is 0 Å². The molecule has 0 saturated carbocycles. The summed E-state index contributed by atoms with van der Waals surface area (Å²) in [4.78, 5) is 36.4. The van der Waals surface area contributed by atoms with Gasteiger partial charge in [-0.05, 0) is 44.9 Å². The number of carboxylic acid groups (broad SMARTS) is 1. The van der Waals surface area contributed by atoms with E-state index in [1.165, 1.54) is 12.8 Å². The van der Waals surface area contributed by atoms with Gasteiger partial charge in [-0.1, -0.05) is 130 Å². The summed E-state index contributed by atoms with van der Waals surface area (Å²) in [6.45, 7) is 4.31. The Morgan fingerprint density at radius 3 is 1.76 bits per heavy atom. The Morgan fingerprint density at radius 1 is 0.620 bits per heavy atom. The zero-order valence-corrected chi connectivity index (χ0v) is 31.5. The van der Waals surface area contributed by atoms with E-state index in [2.05, 4.69) is 32.1 Å². The van der Waals surface area contributed by atoms with Crippen LogP contribution in [0.2, 0.25) is 0 Å². The Morgan fingerprint density at radius 2 is 1.18 bits per heavy atom. The monoisotopic (exact) mass is 695 g/mol. The largest absolute Gasteiger partial charge is 0.544 e. The second-order valence-electron chi connectivity index (χ2n) is 12.9. The highest BCUT2D eigenvalue weighted by molar-refractivity contribution is 5.70. The van der Waals surface area contributed by atoms with E-state index >= 15 is 0 Å². The molecule has 0 bridgehead atoms. The normalized spacial score (nSPS) is 14.2. The number of likely N-dealkylation sites (N-methyl/N-ethyl adjacent to an activating group) is 1. The Bertz CT molecular complexity index is 1140. The van der Waals surface area contributed by atoms with Crippen LogP contribution in [0, 0.1) is 0 Å². The molecule has 8 nitrogen and oxygen atoms in total. The lowest BCUT2D eigenvalue weighted by Crippen LogP contribution is -2.55. The van der Waals surface area contributed by atoms with Crippen molar-refractivity contribution in [3.63, 3.8) is 0 Å². The molecule has 0 aliphatic carbocycles. The van der Waals surface area contributed by atoms with Gasteiger partial charge in [0.2, 0.25) is 0 Å². The molecule has 0 aromatic heterocycles. The van der Waals surface area contributed by atoms with Gasteiger partial charge in [0.1, 0.15) is 12.6 Å². The highest BCUT2D eigenvalue weighted by Gasteiger charge is 2.25. The van der Waals surface area contributed by atoms with Gasteiger partial charge in [-0.15, -0.1) is 0 Å². The van der Waals surface area contributed by atoms with Crippen LogP contribution in [0.4, 0.5) is 0 Å². The number of carbonyl (C=O) groups is 3. The van der Waals surface area contributed by atoms with Crippen molar-refractivity contribution in [2.75, 3.05) is 41.0 Å². The molecule has 2 unspecified atom stereocenters. The molecular formula is C42H65NO7. The Balaban J connectivity index is 4.51. The number of unbranched alkanes of at least 4 members (excludes halogenated alkanes) is 6. The number of ether oxygens (including phenoxy) is 3. The summed E-state index contributed by atoms with van der Waals surface area (Å²) < 4.78 is 16.9. The minimum Gasteiger partial charge on any atom is -0.544 e. The molecule has 0 aliphatic heterocycles. The highest BCUT2D eigenvalue weighted by Crippen LogP contribution is 2.10. The molecule has 0 aromatic rings. The van der Waals surface area contributed by atoms with Crippen LogP contribution >= 0.6 is 0 Å². The molecule has 0 saturated heterocycles. The van der Waals surface area contributed by atoms with E-state index in [1.54, 1.807) is 21.1 Å². The lowest BCUT2D eigenvalue weighted by molar-refractivity contribution is -0.889. The molecule has 0 heterocycles. The number of allylic oxidation sites excluding steroid dienone is 16. The molecule has 0 aromatic carbocycles. The second kappa shape index (κ2) is 32.5. The lowest BCUT2D eigenvalue weighted by atomic mass is 10.1. The molecular weight excluding hydrogens is 630 g/mol.